The van der Waals surface area contributed by atoms with Gasteiger partial charge in [0.15, 0.2) is 0 Å². The highest BCUT2D eigenvalue weighted by Crippen LogP contribution is 2.51. The van der Waals surface area contributed by atoms with E-state index in [0.29, 0.717) is 0 Å². The third-order valence-electron chi connectivity index (χ3n) is 12.3. The molecule has 11 rings (SSSR count). The lowest BCUT2D eigenvalue weighted by Gasteiger charge is -2.28. The van der Waals surface area contributed by atoms with E-state index < -0.39 is 0 Å². The number of hydrogen-bond donors (Lipinski definition) is 0. The van der Waals surface area contributed by atoms with Gasteiger partial charge in [0.1, 0.15) is 0 Å². The summed E-state index contributed by atoms with van der Waals surface area (Å²) in [6.45, 7) is 4.71. The standard InChI is InChI=1S/C57H41NS/c1-57(2)52-19-11-9-17-48(52)49-34-33-46(37-53(49)57)58(44-29-25-41(26-30-44)39-15-7-4-8-16-39)45-31-27-42(28-32-45)47-35-36-51-50-18-10-12-20-54(50)59-56(51)55(47)43-23-21-40(22-24-43)38-13-5-3-6-14-38/h3-37H,1-2H3. The zero-order chi connectivity index (χ0) is 39.5. The van der Waals surface area contributed by atoms with E-state index in [0.717, 1.165) is 17.1 Å². The molecule has 2 heteroatoms. The van der Waals surface area contributed by atoms with Crippen molar-refractivity contribution in [2.24, 2.45) is 0 Å². The number of benzene rings is 9. The second kappa shape index (κ2) is 14.1. The fraction of sp³-hybridized carbons (Fsp3) is 0.0526. The van der Waals surface area contributed by atoms with Crippen LogP contribution in [0, 0.1) is 0 Å². The van der Waals surface area contributed by atoms with Crippen LogP contribution in [0.3, 0.4) is 0 Å². The van der Waals surface area contributed by atoms with Gasteiger partial charge in [-0.05, 0) is 104 Å². The molecule has 0 fully saturated rings. The second-order valence-corrected chi connectivity index (χ2v) is 17.2. The summed E-state index contributed by atoms with van der Waals surface area (Å²) < 4.78 is 2.63. The van der Waals surface area contributed by atoms with Crippen LogP contribution < -0.4 is 4.90 Å². The van der Waals surface area contributed by atoms with Crippen molar-refractivity contribution < 1.29 is 0 Å². The molecule has 280 valence electrons. The molecule has 59 heavy (non-hydrogen) atoms. The molecular weight excluding hydrogens is 731 g/mol. The minimum Gasteiger partial charge on any atom is -0.310 e. The van der Waals surface area contributed by atoms with Gasteiger partial charge in [0.25, 0.3) is 0 Å². The molecule has 0 bridgehead atoms. The number of fused-ring (bicyclic) bond motifs is 6. The highest BCUT2D eigenvalue weighted by molar-refractivity contribution is 7.26. The van der Waals surface area contributed by atoms with Gasteiger partial charge in [0.05, 0.1) is 0 Å². The highest BCUT2D eigenvalue weighted by atomic mass is 32.1. The maximum absolute atomic E-state index is 2.42. The van der Waals surface area contributed by atoms with Gasteiger partial charge in [-0.3, -0.25) is 0 Å². The molecule has 0 atom stereocenters. The lowest BCUT2D eigenvalue weighted by atomic mass is 9.82. The molecule has 0 saturated heterocycles. The largest absolute Gasteiger partial charge is 0.310 e. The van der Waals surface area contributed by atoms with Crippen LogP contribution >= 0.6 is 11.3 Å². The average Bonchev–Trinajstić information content (AvgIpc) is 3.79. The Bertz CT molecular complexity index is 3140. The fourth-order valence-corrected chi connectivity index (χ4v) is 10.6. The van der Waals surface area contributed by atoms with E-state index in [9.17, 15) is 0 Å². The van der Waals surface area contributed by atoms with Crippen molar-refractivity contribution in [3.8, 4) is 55.6 Å². The van der Waals surface area contributed by atoms with Crippen LogP contribution in [0.4, 0.5) is 17.1 Å². The molecule has 1 aliphatic rings. The topological polar surface area (TPSA) is 3.24 Å². The molecular formula is C57H41NS. The first-order chi connectivity index (χ1) is 29.0. The van der Waals surface area contributed by atoms with Gasteiger partial charge in [-0.15, -0.1) is 11.3 Å². The molecule has 10 aromatic rings. The summed E-state index contributed by atoms with van der Waals surface area (Å²) in [4.78, 5) is 2.41. The number of rotatable bonds is 7. The van der Waals surface area contributed by atoms with Crippen LogP contribution in [0.5, 0.6) is 0 Å². The molecule has 0 amide bonds. The van der Waals surface area contributed by atoms with E-state index in [2.05, 4.69) is 231 Å². The van der Waals surface area contributed by atoms with E-state index in [4.69, 9.17) is 0 Å². The number of anilines is 3. The Labute approximate surface area is 350 Å². The van der Waals surface area contributed by atoms with Crippen molar-refractivity contribution >= 4 is 48.6 Å². The van der Waals surface area contributed by atoms with Crippen LogP contribution in [0.1, 0.15) is 25.0 Å². The number of nitrogens with zero attached hydrogens (tertiary/aromatic N) is 1. The van der Waals surface area contributed by atoms with Crippen molar-refractivity contribution in [3.05, 3.63) is 223 Å². The van der Waals surface area contributed by atoms with Crippen molar-refractivity contribution in [1.82, 2.24) is 0 Å². The van der Waals surface area contributed by atoms with Crippen LogP contribution in [0.2, 0.25) is 0 Å². The summed E-state index contributed by atoms with van der Waals surface area (Å²) in [7, 11) is 0. The van der Waals surface area contributed by atoms with Crippen molar-refractivity contribution in [1.29, 1.82) is 0 Å². The SMILES string of the molecule is CC1(C)c2ccccc2-c2ccc(N(c3ccc(-c4ccccc4)cc3)c3ccc(-c4ccc5c(sc6ccccc65)c4-c4ccc(-c5ccccc5)cc4)cc3)cc21. The van der Waals surface area contributed by atoms with Crippen LogP contribution in [-0.4, -0.2) is 0 Å². The van der Waals surface area contributed by atoms with E-state index >= 15 is 0 Å². The molecule has 1 aromatic heterocycles. The monoisotopic (exact) mass is 771 g/mol. The normalized spacial score (nSPS) is 12.7. The van der Waals surface area contributed by atoms with Gasteiger partial charge in [-0.2, -0.15) is 0 Å². The summed E-state index contributed by atoms with van der Waals surface area (Å²) in [5.41, 5.74) is 18.5. The van der Waals surface area contributed by atoms with Crippen molar-refractivity contribution in [2.45, 2.75) is 19.3 Å². The summed E-state index contributed by atoms with van der Waals surface area (Å²) >= 11 is 1.89. The van der Waals surface area contributed by atoms with Gasteiger partial charge in [0.2, 0.25) is 0 Å². The second-order valence-electron chi connectivity index (χ2n) is 16.1. The Morgan fingerprint density at radius 2 is 0.847 bits per heavy atom. The van der Waals surface area contributed by atoms with Gasteiger partial charge >= 0.3 is 0 Å². The maximum atomic E-state index is 2.42. The molecule has 1 nitrogen and oxygen atoms in total. The Morgan fingerprint density at radius 3 is 1.53 bits per heavy atom. The summed E-state index contributed by atoms with van der Waals surface area (Å²) in [6.07, 6.45) is 0. The van der Waals surface area contributed by atoms with Crippen LogP contribution in [-0.2, 0) is 5.41 Å². The zero-order valence-electron chi connectivity index (χ0n) is 33.1. The van der Waals surface area contributed by atoms with E-state index in [-0.39, 0.29) is 5.41 Å². The van der Waals surface area contributed by atoms with E-state index in [1.165, 1.54) is 86.9 Å². The first-order valence-corrected chi connectivity index (χ1v) is 21.2. The van der Waals surface area contributed by atoms with Crippen molar-refractivity contribution in [2.75, 3.05) is 4.90 Å². The van der Waals surface area contributed by atoms with E-state index in [1.54, 1.807) is 0 Å². The molecule has 0 radical (unpaired) electrons. The molecule has 1 aliphatic carbocycles. The van der Waals surface area contributed by atoms with Gasteiger partial charge in [-0.25, -0.2) is 0 Å². The third kappa shape index (κ3) is 5.99. The number of thiophene rings is 1. The minimum atomic E-state index is -0.102. The molecule has 1 heterocycles. The molecule has 9 aromatic carbocycles. The van der Waals surface area contributed by atoms with Crippen LogP contribution in [0.15, 0.2) is 212 Å². The highest BCUT2D eigenvalue weighted by Gasteiger charge is 2.35. The summed E-state index contributed by atoms with van der Waals surface area (Å²) in [5, 5.41) is 2.62. The Morgan fingerprint density at radius 1 is 0.356 bits per heavy atom. The average molecular weight is 772 g/mol. The predicted molar refractivity (Wildman–Crippen MR) is 253 cm³/mol. The minimum absolute atomic E-state index is 0.102. The van der Waals surface area contributed by atoms with Crippen LogP contribution in [0.25, 0.3) is 75.8 Å². The molecule has 0 saturated carbocycles. The van der Waals surface area contributed by atoms with Gasteiger partial charge < -0.3 is 4.90 Å². The Kier molecular flexibility index (Phi) is 8.43. The van der Waals surface area contributed by atoms with Gasteiger partial charge in [0, 0.05) is 48.2 Å². The predicted octanol–water partition coefficient (Wildman–Crippen LogP) is 16.5. The third-order valence-corrected chi connectivity index (χ3v) is 13.5. The first-order valence-electron chi connectivity index (χ1n) is 20.4. The Hall–Kier alpha value is -7.00. The molecule has 0 aliphatic heterocycles. The number of hydrogen-bond acceptors (Lipinski definition) is 2. The summed E-state index contributed by atoms with van der Waals surface area (Å²) in [5.74, 6) is 0. The molecule has 0 spiro atoms. The van der Waals surface area contributed by atoms with Crippen molar-refractivity contribution in [3.63, 3.8) is 0 Å². The van der Waals surface area contributed by atoms with E-state index in [1.807, 2.05) is 11.3 Å². The lowest BCUT2D eigenvalue weighted by molar-refractivity contribution is 0.660. The quantitative estimate of drug-likeness (QED) is 0.156. The van der Waals surface area contributed by atoms with Gasteiger partial charge in [-0.1, -0.05) is 184 Å². The smallest absolute Gasteiger partial charge is 0.0465 e. The first kappa shape index (κ1) is 35.2. The summed E-state index contributed by atoms with van der Waals surface area (Å²) in [6, 6.07) is 78.0. The molecule has 0 N–H and O–H groups in total. The Balaban J connectivity index is 1.04. The zero-order valence-corrected chi connectivity index (χ0v) is 33.9. The molecule has 0 unspecified atom stereocenters. The lowest BCUT2D eigenvalue weighted by Crippen LogP contribution is -2.16. The maximum Gasteiger partial charge on any atom is 0.0465 e. The fourth-order valence-electron chi connectivity index (χ4n) is 9.28.